The molecule has 1 aliphatic heterocycles. The number of rotatable bonds is 7. The lowest BCUT2D eigenvalue weighted by molar-refractivity contribution is -0.182. The van der Waals surface area contributed by atoms with Gasteiger partial charge in [-0.1, -0.05) is 35.2 Å². The van der Waals surface area contributed by atoms with Crippen molar-refractivity contribution in [2.24, 2.45) is 0 Å². The Morgan fingerprint density at radius 3 is 2.44 bits per heavy atom. The minimum absolute atomic E-state index is 0.0135. The van der Waals surface area contributed by atoms with Crippen molar-refractivity contribution in [3.63, 3.8) is 0 Å². The van der Waals surface area contributed by atoms with Gasteiger partial charge in [-0.25, -0.2) is 17.9 Å². The van der Waals surface area contributed by atoms with E-state index in [4.69, 9.17) is 14.2 Å². The molecule has 0 saturated carbocycles. The van der Waals surface area contributed by atoms with Gasteiger partial charge in [0.1, 0.15) is 23.8 Å². The summed E-state index contributed by atoms with van der Waals surface area (Å²) in [6.45, 7) is 2.31. The van der Waals surface area contributed by atoms with Crippen molar-refractivity contribution in [3.8, 4) is 11.3 Å². The van der Waals surface area contributed by atoms with E-state index in [1.165, 1.54) is 36.5 Å². The van der Waals surface area contributed by atoms with Gasteiger partial charge < -0.3 is 14.2 Å². The molecule has 36 heavy (non-hydrogen) atoms. The van der Waals surface area contributed by atoms with Crippen molar-refractivity contribution in [2.45, 2.75) is 48.8 Å². The van der Waals surface area contributed by atoms with Gasteiger partial charge in [0.25, 0.3) is 0 Å². The summed E-state index contributed by atoms with van der Waals surface area (Å²) >= 11 is 1.43. The third-order valence-electron chi connectivity index (χ3n) is 5.40. The lowest BCUT2D eigenvalue weighted by Gasteiger charge is -2.40. The van der Waals surface area contributed by atoms with Crippen molar-refractivity contribution < 1.29 is 37.0 Å². The Balaban J connectivity index is 1.67. The van der Waals surface area contributed by atoms with Gasteiger partial charge >= 0.3 is 11.9 Å². The van der Waals surface area contributed by atoms with Gasteiger partial charge in [-0.15, -0.1) is 5.10 Å². The Morgan fingerprint density at radius 2 is 1.81 bits per heavy atom. The first-order valence-electron chi connectivity index (χ1n) is 11.0. The van der Waals surface area contributed by atoms with E-state index >= 15 is 0 Å². The third-order valence-corrected chi connectivity index (χ3v) is 6.51. The zero-order chi connectivity index (χ0) is 25.8. The fourth-order valence-electron chi connectivity index (χ4n) is 3.85. The molecule has 4 rings (SSSR count). The third kappa shape index (κ3) is 6.05. The zero-order valence-corrected chi connectivity index (χ0v) is 20.1. The number of hydrogen-bond donors (Lipinski definition) is 0. The van der Waals surface area contributed by atoms with Crippen LogP contribution in [-0.2, 0) is 23.8 Å². The molecule has 1 aromatic heterocycles. The van der Waals surface area contributed by atoms with Gasteiger partial charge in [-0.3, -0.25) is 9.59 Å². The predicted octanol–water partition coefficient (Wildman–Crippen LogP) is 4.31. The Hall–Kier alpha value is -3.38. The van der Waals surface area contributed by atoms with Crippen LogP contribution >= 0.6 is 11.8 Å². The molecule has 0 bridgehead atoms. The van der Waals surface area contributed by atoms with Crippen LogP contribution in [0.2, 0.25) is 0 Å². The maximum atomic E-state index is 13.8. The second-order valence-corrected chi connectivity index (χ2v) is 9.29. The number of aromatic nitrogens is 3. The summed E-state index contributed by atoms with van der Waals surface area (Å²) in [6, 6.07) is 10.5. The SMILES string of the molecule is CC(=O)OC[C@H]1OC(Sc2ccccc2)C[C@@H](n2cc(-c3cc(F)c(F)c(F)c3)nn2)[C@@H]1OC(C)=O. The summed E-state index contributed by atoms with van der Waals surface area (Å²) in [6.07, 6.45) is -0.00813. The van der Waals surface area contributed by atoms with Crippen molar-refractivity contribution in [2.75, 3.05) is 6.61 Å². The van der Waals surface area contributed by atoms with Crippen LogP contribution in [0.4, 0.5) is 13.2 Å². The molecule has 0 N–H and O–H groups in total. The summed E-state index contributed by atoms with van der Waals surface area (Å²) in [4.78, 5) is 24.3. The quantitative estimate of drug-likeness (QED) is 0.336. The number of halogens is 3. The topological polar surface area (TPSA) is 92.5 Å². The molecule has 2 heterocycles. The Kier molecular flexibility index (Phi) is 7.94. The second-order valence-electron chi connectivity index (χ2n) is 8.05. The molecule has 4 atom stereocenters. The number of ether oxygens (including phenoxy) is 3. The van der Waals surface area contributed by atoms with Crippen LogP contribution in [0.25, 0.3) is 11.3 Å². The maximum absolute atomic E-state index is 13.8. The standard InChI is InChI=1S/C24H22F3N3O5S/c1-13(31)33-12-21-24(34-14(2)32)20(10-22(35-21)36-16-6-4-3-5-7-16)30-11-19(28-29-30)15-8-17(25)23(27)18(26)9-15/h3-9,11,20-22,24H,10,12H2,1-2H3/t20-,21-,22?,24+/m1/s1. The molecule has 12 heteroatoms. The van der Waals surface area contributed by atoms with Crippen LogP contribution in [0, 0.1) is 17.5 Å². The molecule has 3 aromatic rings. The fraction of sp³-hybridized carbons (Fsp3) is 0.333. The summed E-state index contributed by atoms with van der Waals surface area (Å²) in [5.41, 5.74) is -0.372. The number of hydrogen-bond acceptors (Lipinski definition) is 8. The van der Waals surface area contributed by atoms with Crippen LogP contribution in [0.3, 0.4) is 0 Å². The largest absolute Gasteiger partial charge is 0.463 e. The number of carbonyl (C=O) groups excluding carboxylic acids is 2. The monoisotopic (exact) mass is 521 g/mol. The molecule has 1 saturated heterocycles. The summed E-state index contributed by atoms with van der Waals surface area (Å²) in [7, 11) is 0. The normalized spacial score (nSPS) is 21.7. The lowest BCUT2D eigenvalue weighted by atomic mass is 9.99. The molecule has 0 radical (unpaired) electrons. The molecular weight excluding hydrogens is 499 g/mol. The van der Waals surface area contributed by atoms with Gasteiger partial charge in [-0.05, 0) is 24.3 Å². The number of carbonyl (C=O) groups is 2. The molecule has 190 valence electrons. The van der Waals surface area contributed by atoms with E-state index < -0.39 is 53.1 Å². The van der Waals surface area contributed by atoms with Gasteiger partial charge in [0, 0.05) is 30.7 Å². The zero-order valence-electron chi connectivity index (χ0n) is 19.3. The van der Waals surface area contributed by atoms with Crippen LogP contribution in [0.5, 0.6) is 0 Å². The first kappa shape index (κ1) is 25.7. The van der Waals surface area contributed by atoms with Crippen LogP contribution in [0.1, 0.15) is 26.3 Å². The smallest absolute Gasteiger partial charge is 0.303 e. The molecule has 0 aliphatic carbocycles. The molecule has 1 fully saturated rings. The van der Waals surface area contributed by atoms with Gasteiger partial charge in [0.15, 0.2) is 23.6 Å². The van der Waals surface area contributed by atoms with E-state index in [2.05, 4.69) is 10.3 Å². The summed E-state index contributed by atoms with van der Waals surface area (Å²) in [5, 5.41) is 8.07. The summed E-state index contributed by atoms with van der Waals surface area (Å²) in [5.74, 6) is -5.41. The molecular formula is C24H22F3N3O5S. The van der Waals surface area contributed by atoms with E-state index in [1.807, 2.05) is 30.3 Å². The fourth-order valence-corrected chi connectivity index (χ4v) is 4.96. The van der Waals surface area contributed by atoms with E-state index in [9.17, 15) is 22.8 Å². The lowest BCUT2D eigenvalue weighted by Crippen LogP contribution is -2.49. The molecule has 2 aromatic carbocycles. The van der Waals surface area contributed by atoms with Crippen molar-refractivity contribution in [1.29, 1.82) is 0 Å². The minimum atomic E-state index is -1.58. The van der Waals surface area contributed by atoms with Crippen LogP contribution in [0.15, 0.2) is 53.6 Å². The van der Waals surface area contributed by atoms with Crippen molar-refractivity contribution in [3.05, 3.63) is 66.1 Å². The Labute approximate surface area is 208 Å². The van der Waals surface area contributed by atoms with Gasteiger partial charge in [-0.2, -0.15) is 0 Å². The maximum Gasteiger partial charge on any atom is 0.303 e. The predicted molar refractivity (Wildman–Crippen MR) is 122 cm³/mol. The number of nitrogens with zero attached hydrogens (tertiary/aromatic N) is 3. The number of benzene rings is 2. The second kappa shape index (κ2) is 11.1. The first-order valence-corrected chi connectivity index (χ1v) is 11.8. The molecule has 1 unspecified atom stereocenters. The highest BCUT2D eigenvalue weighted by Crippen LogP contribution is 2.39. The van der Waals surface area contributed by atoms with Crippen molar-refractivity contribution in [1.82, 2.24) is 15.0 Å². The molecule has 8 nitrogen and oxygen atoms in total. The van der Waals surface area contributed by atoms with E-state index in [0.717, 1.165) is 17.0 Å². The highest BCUT2D eigenvalue weighted by Gasteiger charge is 2.43. The van der Waals surface area contributed by atoms with E-state index in [0.29, 0.717) is 6.42 Å². The highest BCUT2D eigenvalue weighted by molar-refractivity contribution is 7.99. The average molecular weight is 522 g/mol. The van der Waals surface area contributed by atoms with Crippen LogP contribution < -0.4 is 0 Å². The van der Waals surface area contributed by atoms with Crippen molar-refractivity contribution >= 4 is 23.7 Å². The summed E-state index contributed by atoms with van der Waals surface area (Å²) < 4.78 is 59.2. The average Bonchev–Trinajstić information content (AvgIpc) is 3.32. The molecule has 0 spiro atoms. The molecule has 0 amide bonds. The first-order chi connectivity index (χ1) is 17.2. The van der Waals surface area contributed by atoms with Gasteiger partial charge in [0.2, 0.25) is 0 Å². The van der Waals surface area contributed by atoms with Gasteiger partial charge in [0.05, 0.1) is 12.2 Å². The van der Waals surface area contributed by atoms with E-state index in [1.54, 1.807) is 0 Å². The Morgan fingerprint density at radius 1 is 1.11 bits per heavy atom. The Bertz CT molecular complexity index is 1220. The number of thioether (sulfide) groups is 1. The number of esters is 2. The minimum Gasteiger partial charge on any atom is -0.463 e. The highest BCUT2D eigenvalue weighted by atomic mass is 32.2. The van der Waals surface area contributed by atoms with E-state index in [-0.39, 0.29) is 17.9 Å². The van der Waals surface area contributed by atoms with Crippen LogP contribution in [-0.4, -0.2) is 51.2 Å². The molecule has 1 aliphatic rings.